The molecule has 0 heterocycles. The Bertz CT molecular complexity index is 1540. The fourth-order valence-electron chi connectivity index (χ4n) is 12.6. The van der Waals surface area contributed by atoms with E-state index < -0.39 is 17.9 Å². The predicted molar refractivity (Wildman–Crippen MR) is 217 cm³/mol. The van der Waals surface area contributed by atoms with Crippen LogP contribution >= 0.6 is 0 Å². The first-order valence-corrected chi connectivity index (χ1v) is 20.7. The van der Waals surface area contributed by atoms with E-state index in [2.05, 4.69) is 82.1 Å². The number of esters is 2. The Morgan fingerprint density at radius 1 is 0.709 bits per heavy atom. The van der Waals surface area contributed by atoms with Gasteiger partial charge in [0.1, 0.15) is 6.10 Å². The van der Waals surface area contributed by atoms with Crippen molar-refractivity contribution in [2.24, 2.45) is 73.9 Å². The van der Waals surface area contributed by atoms with Gasteiger partial charge in [-0.15, -0.1) is 0 Å². The number of carbonyl (C=O) groups excluding carboxylic acids is 2. The zero-order chi connectivity index (χ0) is 41.7. The van der Waals surface area contributed by atoms with Crippen molar-refractivity contribution in [3.63, 3.8) is 0 Å². The van der Waals surface area contributed by atoms with Gasteiger partial charge in [-0.05, 0) is 132 Å². The normalized spacial score (nSPS) is 37.0. The van der Waals surface area contributed by atoms with Crippen LogP contribution in [0.4, 0.5) is 0 Å². The minimum atomic E-state index is -1.12. The lowest BCUT2D eigenvalue weighted by atomic mass is 9.54. The summed E-state index contributed by atoms with van der Waals surface area (Å²) in [7, 11) is 0. The van der Waals surface area contributed by atoms with Crippen molar-refractivity contribution in [1.29, 1.82) is 0 Å². The minimum absolute atomic E-state index is 0.0352. The number of carbonyl (C=O) groups is 4. The zero-order valence-electron chi connectivity index (χ0n) is 35.9. The summed E-state index contributed by atoms with van der Waals surface area (Å²) >= 11 is 0. The van der Waals surface area contributed by atoms with E-state index in [1.54, 1.807) is 0 Å². The maximum absolute atomic E-state index is 12.1. The molecule has 6 saturated carbocycles. The van der Waals surface area contributed by atoms with Crippen LogP contribution in [0.3, 0.4) is 0 Å². The third-order valence-corrected chi connectivity index (χ3v) is 17.6. The van der Waals surface area contributed by atoms with Gasteiger partial charge in [0.25, 0.3) is 0 Å². The van der Waals surface area contributed by atoms with Crippen LogP contribution in [-0.4, -0.2) is 46.8 Å². The second-order valence-corrected chi connectivity index (χ2v) is 20.7. The van der Waals surface area contributed by atoms with Crippen LogP contribution in [0.15, 0.2) is 49.1 Å². The van der Waals surface area contributed by atoms with Crippen LogP contribution in [0.1, 0.15) is 134 Å². The number of rotatable bonds is 11. The summed E-state index contributed by atoms with van der Waals surface area (Å²) in [5.74, 6) is 0.833. The van der Waals surface area contributed by atoms with Crippen LogP contribution in [0.5, 0.6) is 0 Å². The average molecular weight is 765 g/mol. The molecule has 9 unspecified atom stereocenters. The van der Waals surface area contributed by atoms with E-state index in [0.717, 1.165) is 30.4 Å². The summed E-state index contributed by atoms with van der Waals surface area (Å²) in [5, 5.41) is 18.2. The lowest BCUT2D eigenvalue weighted by Crippen LogP contribution is -2.45. The second-order valence-electron chi connectivity index (χ2n) is 20.7. The smallest absolute Gasteiger partial charge is 0.337 e. The highest BCUT2D eigenvalue weighted by atomic mass is 16.5. The Morgan fingerprint density at radius 2 is 1.15 bits per heavy atom. The van der Waals surface area contributed by atoms with Crippen molar-refractivity contribution in [3.8, 4) is 0 Å². The first-order valence-electron chi connectivity index (χ1n) is 20.7. The molecule has 0 amide bonds. The van der Waals surface area contributed by atoms with Gasteiger partial charge in [-0.25, -0.2) is 19.2 Å². The molecule has 0 radical (unpaired) electrons. The molecule has 6 aliphatic rings. The molecule has 9 atom stereocenters. The lowest BCUT2D eigenvalue weighted by Gasteiger charge is -2.49. The number of hydrogen-bond acceptors (Lipinski definition) is 6. The summed E-state index contributed by atoms with van der Waals surface area (Å²) in [6.07, 6.45) is 14.4. The second kappa shape index (κ2) is 15.6. The van der Waals surface area contributed by atoms with Gasteiger partial charge in [0.15, 0.2) is 0 Å². The highest BCUT2D eigenvalue weighted by Crippen LogP contribution is 2.76. The number of fused-ring (bicyclic) bond motifs is 6. The molecule has 0 spiro atoms. The summed E-state index contributed by atoms with van der Waals surface area (Å²) in [4.78, 5) is 44.6. The van der Waals surface area contributed by atoms with Crippen molar-refractivity contribution in [1.82, 2.24) is 0 Å². The van der Waals surface area contributed by atoms with Gasteiger partial charge in [-0.2, -0.15) is 0 Å². The molecular weight excluding hydrogens is 693 g/mol. The average Bonchev–Trinajstić information content (AvgIpc) is 3.75. The standard InChI is InChI=1S/C24H38O2.C13H20O2.C10H14O4/c1-14(20(25)26)19(17-12-15-8-10-23(17,6)21(15,2)3)18-13-16-9-11-24(18,7)22(16,4)5;1-5-11(14)15-10-8-9-6-7-13(10,4)12(9,2)3;1-7(2)6-14-10(13)8(3)4-5-9(11)12/h15-19H,1,8-13H2,2-7H3,(H,25,26);5,9-10H,1,6-8H2,2-4H3;4-5,7H,3,6H2,1-2H3,(H,11,12). The van der Waals surface area contributed by atoms with Gasteiger partial charge in [-0.1, -0.05) is 95.9 Å². The molecule has 55 heavy (non-hydrogen) atoms. The summed E-state index contributed by atoms with van der Waals surface area (Å²) in [6.45, 7) is 36.7. The SMILES string of the molecule is C=C(C(=O)O)C(C1CC2CCC1(C)C2(C)C)C1CC2CCC1(C)C2(C)C.C=C(C=CC(=O)O)C(=O)OCC(C)C.C=CC(=O)OC1CC2CCC1(C)C2(C)C. The van der Waals surface area contributed by atoms with Gasteiger partial charge >= 0.3 is 23.9 Å². The van der Waals surface area contributed by atoms with Gasteiger partial charge in [0.05, 0.1) is 12.2 Å². The van der Waals surface area contributed by atoms with Gasteiger partial charge in [0.2, 0.25) is 0 Å². The van der Waals surface area contributed by atoms with Crippen LogP contribution in [-0.2, 0) is 28.7 Å². The number of aliphatic carboxylic acids is 2. The van der Waals surface area contributed by atoms with E-state index >= 15 is 0 Å². The number of carboxylic acid groups (broad SMARTS) is 2. The Labute approximate surface area is 331 Å². The van der Waals surface area contributed by atoms with E-state index in [1.807, 2.05) is 13.8 Å². The van der Waals surface area contributed by atoms with Gasteiger partial charge < -0.3 is 19.7 Å². The molecule has 8 heteroatoms. The summed E-state index contributed by atoms with van der Waals surface area (Å²) < 4.78 is 10.3. The zero-order valence-corrected chi connectivity index (χ0v) is 35.9. The Kier molecular flexibility index (Phi) is 12.7. The third kappa shape index (κ3) is 7.66. The Hall–Kier alpha value is -3.16. The van der Waals surface area contributed by atoms with Gasteiger partial charge in [-0.3, -0.25) is 0 Å². The molecule has 6 fully saturated rings. The van der Waals surface area contributed by atoms with E-state index in [0.29, 0.717) is 46.2 Å². The molecule has 0 aliphatic heterocycles. The molecule has 2 N–H and O–H groups in total. The summed E-state index contributed by atoms with van der Waals surface area (Å²) in [5.41, 5.74) is 2.16. The minimum Gasteiger partial charge on any atom is -0.478 e. The molecule has 0 aromatic carbocycles. The van der Waals surface area contributed by atoms with Crippen molar-refractivity contribution >= 4 is 23.9 Å². The molecule has 8 nitrogen and oxygen atoms in total. The quantitative estimate of drug-likeness (QED) is 0.121. The van der Waals surface area contributed by atoms with Crippen LogP contribution in [0, 0.1) is 73.9 Å². The molecule has 6 bridgehead atoms. The number of carboxylic acids is 2. The maximum Gasteiger partial charge on any atom is 0.337 e. The Morgan fingerprint density at radius 3 is 1.45 bits per heavy atom. The highest BCUT2D eigenvalue weighted by Gasteiger charge is 2.69. The van der Waals surface area contributed by atoms with E-state index in [1.165, 1.54) is 57.4 Å². The fourth-order valence-corrected chi connectivity index (χ4v) is 12.6. The molecular formula is C47H72O8. The largest absolute Gasteiger partial charge is 0.478 e. The maximum atomic E-state index is 12.1. The van der Waals surface area contributed by atoms with Crippen molar-refractivity contribution in [2.75, 3.05) is 6.61 Å². The van der Waals surface area contributed by atoms with E-state index in [9.17, 15) is 24.3 Å². The predicted octanol–water partition coefficient (Wildman–Crippen LogP) is 10.5. The first-order chi connectivity index (χ1) is 25.2. The fraction of sp³-hybridized carbons (Fsp3) is 0.745. The number of hydrogen-bond donors (Lipinski definition) is 2. The van der Waals surface area contributed by atoms with Crippen LogP contribution in [0.2, 0.25) is 0 Å². The molecule has 6 rings (SSSR count). The van der Waals surface area contributed by atoms with E-state index in [-0.39, 0.29) is 45.7 Å². The number of ether oxygens (including phenoxy) is 2. The van der Waals surface area contributed by atoms with Gasteiger partial charge in [0, 0.05) is 23.1 Å². The lowest BCUT2D eigenvalue weighted by molar-refractivity contribution is -0.150. The summed E-state index contributed by atoms with van der Waals surface area (Å²) in [6, 6.07) is 0. The van der Waals surface area contributed by atoms with Crippen molar-refractivity contribution < 1.29 is 38.9 Å². The molecule has 308 valence electrons. The van der Waals surface area contributed by atoms with Crippen molar-refractivity contribution in [2.45, 2.75) is 140 Å². The first kappa shape index (κ1) is 44.6. The van der Waals surface area contributed by atoms with Crippen molar-refractivity contribution in [3.05, 3.63) is 49.1 Å². The molecule has 0 saturated heterocycles. The molecule has 6 aliphatic carbocycles. The molecule has 0 aromatic rings. The molecule has 0 aromatic heterocycles. The third-order valence-electron chi connectivity index (χ3n) is 17.6. The highest BCUT2D eigenvalue weighted by molar-refractivity contribution is 5.93. The Balaban J connectivity index is 0.000000199. The van der Waals surface area contributed by atoms with Crippen LogP contribution < -0.4 is 0 Å². The van der Waals surface area contributed by atoms with Crippen LogP contribution in [0.25, 0.3) is 0 Å². The topological polar surface area (TPSA) is 127 Å². The monoisotopic (exact) mass is 765 g/mol. The van der Waals surface area contributed by atoms with E-state index in [4.69, 9.17) is 14.6 Å².